The van der Waals surface area contributed by atoms with Gasteiger partial charge in [0.1, 0.15) is 36.4 Å². The van der Waals surface area contributed by atoms with Crippen LogP contribution in [-0.4, -0.2) is 119 Å². The van der Waals surface area contributed by atoms with E-state index in [1.807, 2.05) is 54.6 Å². The topological polar surface area (TPSA) is 278 Å². The van der Waals surface area contributed by atoms with Crippen molar-refractivity contribution in [1.29, 1.82) is 0 Å². The summed E-state index contributed by atoms with van der Waals surface area (Å²) < 4.78 is 0. The minimum atomic E-state index is -1.14. The number of aliphatic hydroxyl groups excluding tert-OH is 1. The van der Waals surface area contributed by atoms with E-state index in [4.69, 9.17) is 11.5 Å². The second-order valence-corrected chi connectivity index (χ2v) is 17.7. The molecule has 3 aliphatic rings. The van der Waals surface area contributed by atoms with Gasteiger partial charge in [0.25, 0.3) is 0 Å². The van der Waals surface area contributed by atoms with Crippen LogP contribution in [0.2, 0.25) is 0 Å². The molecule has 1 unspecified atom stereocenters. The smallest absolute Gasteiger partial charge is 0.245 e. The van der Waals surface area contributed by atoms with E-state index >= 15 is 0 Å². The molecule has 2 aliphatic heterocycles. The molecule has 0 radical (unpaired) electrons. The fourth-order valence-electron chi connectivity index (χ4n) is 9.34. The number of aromatic nitrogens is 1. The van der Waals surface area contributed by atoms with Crippen molar-refractivity contribution < 1.29 is 33.9 Å². The van der Waals surface area contributed by atoms with Crippen molar-refractivity contribution in [3.05, 3.63) is 71.9 Å². The van der Waals surface area contributed by atoms with Gasteiger partial charge in [-0.1, -0.05) is 80.6 Å². The predicted octanol–water partition coefficient (Wildman–Crippen LogP) is 1.11. The molecule has 2 saturated heterocycles. The summed E-state index contributed by atoms with van der Waals surface area (Å²) >= 11 is 0. The normalized spacial score (nSPS) is 24.1. The number of nitrogens with two attached hydrogens (primary N) is 2. The summed E-state index contributed by atoms with van der Waals surface area (Å²) in [6.45, 7) is 2.05. The number of H-pyrrole nitrogens is 1. The Hall–Kier alpha value is -6.01. The van der Waals surface area contributed by atoms with Crippen molar-refractivity contribution in [2.45, 2.75) is 139 Å². The number of guanidine groups is 1. The molecule has 0 spiro atoms. The zero-order valence-electron chi connectivity index (χ0n) is 37.4. The van der Waals surface area contributed by atoms with Crippen LogP contribution in [0.4, 0.5) is 0 Å². The number of carbonyl (C=O) groups excluding carboxylic acids is 6. The largest absolute Gasteiger partial charge is 0.379 e. The highest BCUT2D eigenvalue weighted by molar-refractivity contribution is 5.97. The first-order chi connectivity index (χ1) is 31.4. The van der Waals surface area contributed by atoms with Crippen LogP contribution in [-0.2, 0) is 41.6 Å². The van der Waals surface area contributed by atoms with Gasteiger partial charge in [-0.2, -0.15) is 0 Å². The van der Waals surface area contributed by atoms with Gasteiger partial charge in [0.15, 0.2) is 5.96 Å². The van der Waals surface area contributed by atoms with Gasteiger partial charge in [-0.3, -0.25) is 39.1 Å². The number of hydrogen-bond donors (Lipinski definition) is 10. The van der Waals surface area contributed by atoms with E-state index in [-0.39, 0.29) is 63.6 Å². The highest BCUT2D eigenvalue weighted by Gasteiger charge is 2.40. The summed E-state index contributed by atoms with van der Waals surface area (Å²) in [6, 6.07) is 10.8. The van der Waals surface area contributed by atoms with Gasteiger partial charge in [-0.05, 0) is 81.4 Å². The fourth-order valence-corrected chi connectivity index (χ4v) is 9.34. The molecule has 1 aromatic heterocycles. The third kappa shape index (κ3) is 14.0. The fraction of sp³-hybridized carbons (Fsp3) is 0.553. The van der Waals surface area contributed by atoms with Crippen LogP contribution < -0.4 is 43.4 Å². The van der Waals surface area contributed by atoms with Crippen molar-refractivity contribution in [3.63, 3.8) is 0 Å². The highest BCUT2D eigenvalue weighted by Crippen LogP contribution is 2.28. The lowest BCUT2D eigenvalue weighted by molar-refractivity contribution is -0.142. The van der Waals surface area contributed by atoms with Gasteiger partial charge in [0.2, 0.25) is 35.4 Å². The molecule has 1 saturated carbocycles. The summed E-state index contributed by atoms with van der Waals surface area (Å²) in [5.74, 6) is -3.04. The SMILES string of the molecule is C[C@@H](O)NC(Cc1ccccc1)C(=O)N[C@H]1CCCNC(=O)[C@H](CCCN=C(N)N)NC(=O)[C@H](Cc2c[nH]c3ccccc23)NC(=O)[C@@H](CC2CCCCC2)NC(=O)[C@@H]2CCCN2C1=O. The molecule has 18 nitrogen and oxygen atoms in total. The number of nitrogens with one attached hydrogen (secondary N) is 7. The Morgan fingerprint density at radius 3 is 2.29 bits per heavy atom. The average molecular weight is 898 g/mol. The van der Waals surface area contributed by atoms with Gasteiger partial charge in [-0.25, -0.2) is 0 Å². The molecule has 3 aromatic rings. The van der Waals surface area contributed by atoms with E-state index in [2.05, 4.69) is 41.9 Å². The molecule has 6 rings (SSSR count). The number of aliphatic imine (C=N–C) groups is 1. The molecule has 352 valence electrons. The monoisotopic (exact) mass is 898 g/mol. The molecular weight excluding hydrogens is 831 g/mol. The summed E-state index contributed by atoms with van der Waals surface area (Å²) in [6.07, 6.45) is 8.02. The van der Waals surface area contributed by atoms with Crippen LogP contribution in [0.1, 0.15) is 95.1 Å². The Labute approximate surface area is 380 Å². The van der Waals surface area contributed by atoms with Crippen LogP contribution in [0.3, 0.4) is 0 Å². The molecule has 7 atom stereocenters. The number of aromatic amines is 1. The number of amides is 6. The zero-order chi connectivity index (χ0) is 46.3. The number of fused-ring (bicyclic) bond motifs is 2. The van der Waals surface area contributed by atoms with E-state index in [0.29, 0.717) is 25.7 Å². The van der Waals surface area contributed by atoms with Gasteiger partial charge in [0.05, 0.1) is 6.04 Å². The first kappa shape index (κ1) is 48.4. The summed E-state index contributed by atoms with van der Waals surface area (Å²) in [4.78, 5) is 94.9. The third-order valence-corrected chi connectivity index (χ3v) is 12.7. The molecular formula is C47H67N11O7. The quantitative estimate of drug-likeness (QED) is 0.0477. The van der Waals surface area contributed by atoms with Crippen LogP contribution in [0.5, 0.6) is 0 Å². The maximum absolute atomic E-state index is 14.6. The average Bonchev–Trinajstić information content (AvgIpc) is 3.95. The molecule has 1 aliphatic carbocycles. The van der Waals surface area contributed by atoms with Gasteiger partial charge in [0, 0.05) is 43.2 Å². The van der Waals surface area contributed by atoms with E-state index in [0.717, 1.165) is 54.1 Å². The second-order valence-electron chi connectivity index (χ2n) is 17.7. The van der Waals surface area contributed by atoms with Crippen LogP contribution in [0.25, 0.3) is 10.9 Å². The number of aliphatic hydroxyl groups is 1. The number of benzene rings is 2. The molecule has 6 amide bonds. The van der Waals surface area contributed by atoms with Gasteiger partial charge < -0.3 is 53.0 Å². The highest BCUT2D eigenvalue weighted by atomic mass is 16.3. The standard InChI is InChI=1S/C47H67N11O7/c1-29(59)53-37(25-30-13-4-2-5-14-30)42(61)55-36-20-11-22-50-41(60)35(19-10-23-51-47(48)49)54-44(63)39(27-32-28-52-34-18-9-8-17-33(32)34)56-43(62)38(26-31-15-6-3-7-16-31)57-45(64)40-21-12-24-58(40)46(36)65/h2,4-5,8-9,13-14,17-18,28-29,31,35-40,52-53,59H,3,6-7,10-12,15-16,19-27H2,1H3,(H,50,60)(H,54,63)(H,55,61)(H,56,62)(H,57,64)(H4,48,49,51)/t29-,35+,36+,37?,38-,39+,40+/m1/s1. The van der Waals surface area contributed by atoms with Crippen molar-refractivity contribution in [1.82, 2.24) is 41.8 Å². The van der Waals surface area contributed by atoms with E-state index in [9.17, 15) is 33.9 Å². The molecule has 12 N–H and O–H groups in total. The summed E-state index contributed by atoms with van der Waals surface area (Å²) in [5.41, 5.74) is 13.6. The van der Waals surface area contributed by atoms with Crippen molar-refractivity contribution in [3.8, 4) is 0 Å². The van der Waals surface area contributed by atoms with Gasteiger partial charge >= 0.3 is 0 Å². The van der Waals surface area contributed by atoms with Crippen molar-refractivity contribution >= 4 is 52.3 Å². The Morgan fingerprint density at radius 1 is 0.831 bits per heavy atom. The first-order valence-corrected chi connectivity index (χ1v) is 23.2. The molecule has 3 heterocycles. The lowest BCUT2D eigenvalue weighted by Gasteiger charge is -2.32. The number of rotatable bonds is 14. The molecule has 18 heteroatoms. The van der Waals surface area contributed by atoms with E-state index in [1.54, 1.807) is 6.20 Å². The van der Waals surface area contributed by atoms with Crippen LogP contribution >= 0.6 is 0 Å². The summed E-state index contributed by atoms with van der Waals surface area (Å²) in [7, 11) is 0. The number of carbonyl (C=O) groups is 6. The number of para-hydroxylation sites is 1. The minimum absolute atomic E-state index is 0.0837. The Bertz CT molecular complexity index is 2120. The minimum Gasteiger partial charge on any atom is -0.379 e. The lowest BCUT2D eigenvalue weighted by atomic mass is 9.84. The number of hydrogen-bond acceptors (Lipinski definition) is 9. The molecule has 0 bridgehead atoms. The Balaban J connectivity index is 1.31. The zero-order valence-corrected chi connectivity index (χ0v) is 37.4. The van der Waals surface area contributed by atoms with E-state index < -0.39 is 77.9 Å². The Morgan fingerprint density at radius 2 is 1.54 bits per heavy atom. The molecule has 65 heavy (non-hydrogen) atoms. The van der Waals surface area contributed by atoms with Gasteiger partial charge in [-0.15, -0.1) is 0 Å². The maximum atomic E-state index is 14.6. The summed E-state index contributed by atoms with van der Waals surface area (Å²) in [5, 5.41) is 28.7. The van der Waals surface area contributed by atoms with E-state index in [1.165, 1.54) is 11.8 Å². The third-order valence-electron chi connectivity index (χ3n) is 12.7. The lowest BCUT2D eigenvalue weighted by Crippen LogP contribution is -2.60. The van der Waals surface area contributed by atoms with Crippen molar-refractivity contribution in [2.24, 2.45) is 22.4 Å². The predicted molar refractivity (Wildman–Crippen MR) is 247 cm³/mol. The van der Waals surface area contributed by atoms with Crippen molar-refractivity contribution in [2.75, 3.05) is 19.6 Å². The Kier molecular flexibility index (Phi) is 17.7. The van der Waals surface area contributed by atoms with Crippen LogP contribution in [0.15, 0.2) is 65.8 Å². The molecule has 2 aromatic carbocycles. The second kappa shape index (κ2) is 23.8. The number of nitrogens with zero attached hydrogens (tertiary/aromatic N) is 2. The molecule has 3 fully saturated rings. The first-order valence-electron chi connectivity index (χ1n) is 23.2. The van der Waals surface area contributed by atoms with Crippen LogP contribution in [0, 0.1) is 5.92 Å². The maximum Gasteiger partial charge on any atom is 0.245 e.